The lowest BCUT2D eigenvalue weighted by atomic mass is 9.62. The van der Waals surface area contributed by atoms with Gasteiger partial charge in [-0.05, 0) is 94.3 Å². The number of ketones is 1. The van der Waals surface area contributed by atoms with Crippen molar-refractivity contribution in [2.24, 2.45) is 35.0 Å². The van der Waals surface area contributed by atoms with Crippen LogP contribution < -0.4 is 0 Å². The third-order valence-electron chi connectivity index (χ3n) is 9.22. The van der Waals surface area contributed by atoms with Gasteiger partial charge in [-0.3, -0.25) is 9.59 Å². The summed E-state index contributed by atoms with van der Waals surface area (Å²) in [6, 6.07) is 0. The smallest absolute Gasteiger partial charge is 0.319 e. The molecule has 0 bridgehead atoms. The molecule has 0 aromatic rings. The fourth-order valence-electron chi connectivity index (χ4n) is 6.87. The Morgan fingerprint density at radius 2 is 1.42 bits per heavy atom. The molecule has 178 valence electrons. The van der Waals surface area contributed by atoms with Crippen molar-refractivity contribution in [3.63, 3.8) is 0 Å². The Bertz CT molecular complexity index is 569. The third-order valence-corrected chi connectivity index (χ3v) is 9.22. The van der Waals surface area contributed by atoms with E-state index < -0.39 is 5.41 Å². The van der Waals surface area contributed by atoms with Gasteiger partial charge in [-0.25, -0.2) is 0 Å². The van der Waals surface area contributed by atoms with Crippen molar-refractivity contribution in [1.82, 2.24) is 0 Å². The van der Waals surface area contributed by atoms with Crippen LogP contribution in [0.1, 0.15) is 124 Å². The summed E-state index contributed by atoms with van der Waals surface area (Å²) in [7, 11) is 0. The molecule has 3 saturated carbocycles. The molecule has 3 aliphatic carbocycles. The summed E-state index contributed by atoms with van der Waals surface area (Å²) in [5, 5.41) is 0. The minimum atomic E-state index is -0.890. The predicted molar refractivity (Wildman–Crippen MR) is 127 cm³/mol. The summed E-state index contributed by atoms with van der Waals surface area (Å²) in [5.41, 5.74) is -0.890. The Hall–Kier alpha value is -0.860. The lowest BCUT2D eigenvalue weighted by Crippen LogP contribution is -2.44. The Kier molecular flexibility index (Phi) is 9.47. The number of ether oxygens (including phenoxy) is 1. The van der Waals surface area contributed by atoms with E-state index in [0.29, 0.717) is 31.3 Å². The van der Waals surface area contributed by atoms with Crippen molar-refractivity contribution in [2.45, 2.75) is 124 Å². The van der Waals surface area contributed by atoms with Crippen molar-refractivity contribution in [1.29, 1.82) is 0 Å². The summed E-state index contributed by atoms with van der Waals surface area (Å²) in [4.78, 5) is 25.4. The molecule has 0 saturated heterocycles. The van der Waals surface area contributed by atoms with Crippen molar-refractivity contribution >= 4 is 11.8 Å². The molecule has 3 nitrogen and oxygen atoms in total. The van der Waals surface area contributed by atoms with Crippen LogP contribution in [0, 0.1) is 35.0 Å². The highest BCUT2D eigenvalue weighted by Gasteiger charge is 2.47. The van der Waals surface area contributed by atoms with Gasteiger partial charge >= 0.3 is 5.97 Å². The lowest BCUT2D eigenvalue weighted by molar-refractivity contribution is -0.162. The van der Waals surface area contributed by atoms with Crippen molar-refractivity contribution < 1.29 is 14.3 Å². The molecule has 2 atom stereocenters. The second-order valence-corrected chi connectivity index (χ2v) is 11.3. The molecule has 0 unspecified atom stereocenters. The maximum Gasteiger partial charge on any atom is 0.319 e. The first-order chi connectivity index (χ1) is 15.0. The number of esters is 1. The SMILES string of the molecule is CCCCCC1CCC(C2CCC([C@@H]3CC[C@](C)(C(=O)OCCC)C(=O)C3)CC2)CC1. The number of carbonyl (C=O) groups excluding carboxylic acids is 2. The molecule has 0 heterocycles. The van der Waals surface area contributed by atoms with E-state index in [4.69, 9.17) is 4.74 Å². The van der Waals surface area contributed by atoms with Gasteiger partial charge in [0, 0.05) is 6.42 Å². The molecular formula is C28H48O3. The maximum absolute atomic E-state index is 12.9. The Morgan fingerprint density at radius 1 is 0.839 bits per heavy atom. The van der Waals surface area contributed by atoms with Crippen molar-refractivity contribution in [2.75, 3.05) is 6.61 Å². The highest BCUT2D eigenvalue weighted by Crippen LogP contribution is 2.47. The second kappa shape index (κ2) is 11.8. The molecule has 3 rings (SSSR count). The molecule has 0 aromatic heterocycles. The summed E-state index contributed by atoms with van der Waals surface area (Å²) in [5.74, 6) is 3.94. The van der Waals surface area contributed by atoms with Gasteiger partial charge in [0.15, 0.2) is 0 Å². The number of Topliss-reactive ketones (excluding diaryl/α,β-unsaturated/α-hetero) is 1. The summed E-state index contributed by atoms with van der Waals surface area (Å²) < 4.78 is 5.34. The van der Waals surface area contributed by atoms with Gasteiger partial charge in [-0.15, -0.1) is 0 Å². The van der Waals surface area contributed by atoms with Crippen molar-refractivity contribution in [3.05, 3.63) is 0 Å². The first-order valence-electron chi connectivity index (χ1n) is 13.7. The van der Waals surface area contributed by atoms with Crippen LogP contribution in [0.15, 0.2) is 0 Å². The average molecular weight is 433 g/mol. The molecule has 0 radical (unpaired) electrons. The third kappa shape index (κ3) is 6.35. The van der Waals surface area contributed by atoms with Crippen LogP contribution in [-0.4, -0.2) is 18.4 Å². The Morgan fingerprint density at radius 3 is 1.97 bits per heavy atom. The molecule has 0 spiro atoms. The van der Waals surface area contributed by atoms with E-state index in [1.807, 2.05) is 13.8 Å². The molecule has 0 aliphatic heterocycles. The van der Waals surface area contributed by atoms with E-state index in [1.54, 1.807) is 0 Å². The molecule has 31 heavy (non-hydrogen) atoms. The van der Waals surface area contributed by atoms with Crippen LogP contribution >= 0.6 is 0 Å². The normalized spacial score (nSPS) is 36.9. The van der Waals surface area contributed by atoms with Gasteiger partial charge in [-0.1, -0.05) is 52.4 Å². The van der Waals surface area contributed by atoms with Crippen LogP contribution in [0.25, 0.3) is 0 Å². The van der Waals surface area contributed by atoms with E-state index in [9.17, 15) is 9.59 Å². The van der Waals surface area contributed by atoms with Gasteiger partial charge < -0.3 is 4.74 Å². The van der Waals surface area contributed by atoms with E-state index in [2.05, 4.69) is 6.92 Å². The van der Waals surface area contributed by atoms with Crippen molar-refractivity contribution in [3.8, 4) is 0 Å². The largest absolute Gasteiger partial charge is 0.465 e. The minimum Gasteiger partial charge on any atom is -0.465 e. The van der Waals surface area contributed by atoms with Gasteiger partial charge in [-0.2, -0.15) is 0 Å². The highest BCUT2D eigenvalue weighted by molar-refractivity contribution is 6.04. The number of hydrogen-bond acceptors (Lipinski definition) is 3. The molecule has 3 fully saturated rings. The molecule has 3 aliphatic rings. The van der Waals surface area contributed by atoms with Gasteiger partial charge in [0.2, 0.25) is 0 Å². The molecule has 3 heteroatoms. The van der Waals surface area contributed by atoms with E-state index in [-0.39, 0.29) is 11.8 Å². The van der Waals surface area contributed by atoms with Crippen LogP contribution in [0.2, 0.25) is 0 Å². The Balaban J connectivity index is 1.40. The van der Waals surface area contributed by atoms with Crippen LogP contribution in [0.3, 0.4) is 0 Å². The topological polar surface area (TPSA) is 43.4 Å². The zero-order chi connectivity index (χ0) is 22.3. The molecule has 0 N–H and O–H groups in total. The Labute approximate surface area is 191 Å². The van der Waals surface area contributed by atoms with Gasteiger partial charge in [0.25, 0.3) is 0 Å². The quantitative estimate of drug-likeness (QED) is 0.215. The highest BCUT2D eigenvalue weighted by atomic mass is 16.5. The standard InChI is InChI=1S/C28H48O3/c1-4-6-7-8-21-9-11-22(12-10-21)23-13-15-24(16-14-23)25-17-18-28(3,26(29)20-25)27(30)31-19-5-2/h21-25H,4-20H2,1-3H3/t21?,22?,23?,24?,25-,28+/m1/s1. The monoisotopic (exact) mass is 432 g/mol. The first kappa shape index (κ1) is 24.8. The van der Waals surface area contributed by atoms with Gasteiger partial charge in [0.1, 0.15) is 11.2 Å². The van der Waals surface area contributed by atoms with E-state index in [1.165, 1.54) is 77.0 Å². The zero-order valence-electron chi connectivity index (χ0n) is 20.6. The van der Waals surface area contributed by atoms with E-state index in [0.717, 1.165) is 30.6 Å². The summed E-state index contributed by atoms with van der Waals surface area (Å²) in [6.45, 7) is 6.54. The first-order valence-corrected chi connectivity index (χ1v) is 13.7. The fourth-order valence-corrected chi connectivity index (χ4v) is 6.87. The summed E-state index contributed by atoms with van der Waals surface area (Å²) in [6.07, 6.45) is 20.0. The van der Waals surface area contributed by atoms with Crippen LogP contribution in [0.4, 0.5) is 0 Å². The maximum atomic E-state index is 12.9. The van der Waals surface area contributed by atoms with E-state index >= 15 is 0 Å². The minimum absolute atomic E-state index is 0.133. The molecule has 0 amide bonds. The average Bonchev–Trinajstić information content (AvgIpc) is 2.80. The van der Waals surface area contributed by atoms with Gasteiger partial charge in [0.05, 0.1) is 6.61 Å². The summed E-state index contributed by atoms with van der Waals surface area (Å²) >= 11 is 0. The fraction of sp³-hybridized carbons (Fsp3) is 0.929. The second-order valence-electron chi connectivity index (χ2n) is 11.3. The number of rotatable bonds is 9. The molecular weight excluding hydrogens is 384 g/mol. The molecule has 0 aromatic carbocycles. The van der Waals surface area contributed by atoms with Crippen LogP contribution in [0.5, 0.6) is 0 Å². The van der Waals surface area contributed by atoms with Crippen LogP contribution in [-0.2, 0) is 14.3 Å². The number of carbonyl (C=O) groups is 2. The zero-order valence-corrected chi connectivity index (χ0v) is 20.6. The predicted octanol–water partition coefficient (Wildman–Crippen LogP) is 7.51. The number of unbranched alkanes of at least 4 members (excludes halogenated alkanes) is 2. The lowest BCUT2D eigenvalue weighted by Gasteiger charge is -2.42. The number of hydrogen-bond donors (Lipinski definition) is 0.